The molecule has 3 heteroatoms. The molecule has 1 atom stereocenters. The molecule has 92 valence electrons. The Kier molecular flexibility index (Phi) is 4.99. The van der Waals surface area contributed by atoms with Crippen LogP contribution < -0.4 is 5.32 Å². The van der Waals surface area contributed by atoms with E-state index in [1.807, 2.05) is 32.0 Å². The van der Waals surface area contributed by atoms with Gasteiger partial charge in [0.15, 0.2) is 0 Å². The van der Waals surface area contributed by atoms with E-state index in [1.54, 1.807) is 0 Å². The van der Waals surface area contributed by atoms with Crippen LogP contribution in [0.25, 0.3) is 0 Å². The summed E-state index contributed by atoms with van der Waals surface area (Å²) in [7, 11) is 0. The SMILES string of the molecule is C[C@H](NCCC(C)(C)C#N)c1cccc(Cl)c1. The first-order valence-electron chi connectivity index (χ1n) is 5.85. The number of benzene rings is 1. The number of halogens is 1. The molecule has 1 aromatic carbocycles. The van der Waals surface area contributed by atoms with E-state index in [-0.39, 0.29) is 11.5 Å². The van der Waals surface area contributed by atoms with Crippen LogP contribution in [0.4, 0.5) is 0 Å². The predicted octanol–water partition coefficient (Wildman–Crippen LogP) is 3.93. The molecule has 0 saturated carbocycles. The molecule has 1 N–H and O–H groups in total. The van der Waals surface area contributed by atoms with Gasteiger partial charge in [0.2, 0.25) is 0 Å². The maximum atomic E-state index is 8.92. The first-order valence-corrected chi connectivity index (χ1v) is 6.22. The average molecular weight is 251 g/mol. The molecule has 0 unspecified atom stereocenters. The van der Waals surface area contributed by atoms with Gasteiger partial charge in [0, 0.05) is 11.1 Å². The molecule has 17 heavy (non-hydrogen) atoms. The molecule has 0 aliphatic rings. The molecule has 0 fully saturated rings. The van der Waals surface area contributed by atoms with Crippen LogP contribution in [-0.2, 0) is 0 Å². The van der Waals surface area contributed by atoms with Gasteiger partial charge in [-0.2, -0.15) is 5.26 Å². The van der Waals surface area contributed by atoms with Crippen molar-refractivity contribution in [1.29, 1.82) is 5.26 Å². The molecule has 0 spiro atoms. The van der Waals surface area contributed by atoms with Crippen molar-refractivity contribution in [2.24, 2.45) is 5.41 Å². The van der Waals surface area contributed by atoms with E-state index < -0.39 is 0 Å². The second kappa shape index (κ2) is 6.05. The molecule has 2 nitrogen and oxygen atoms in total. The van der Waals surface area contributed by atoms with Crippen molar-refractivity contribution in [3.05, 3.63) is 34.9 Å². The van der Waals surface area contributed by atoms with Crippen molar-refractivity contribution in [3.8, 4) is 6.07 Å². The minimum atomic E-state index is -0.263. The van der Waals surface area contributed by atoms with E-state index in [9.17, 15) is 0 Å². The zero-order valence-electron chi connectivity index (χ0n) is 10.6. The largest absolute Gasteiger partial charge is 0.310 e. The second-order valence-electron chi connectivity index (χ2n) is 4.98. The minimum Gasteiger partial charge on any atom is -0.310 e. The quantitative estimate of drug-likeness (QED) is 0.860. The smallest absolute Gasteiger partial charge is 0.0684 e. The Morgan fingerprint density at radius 2 is 2.18 bits per heavy atom. The summed E-state index contributed by atoms with van der Waals surface area (Å²) in [5.74, 6) is 0. The van der Waals surface area contributed by atoms with E-state index in [1.165, 1.54) is 5.56 Å². The molecule has 0 aliphatic carbocycles. The third-order valence-electron chi connectivity index (χ3n) is 2.85. The third kappa shape index (κ3) is 4.77. The number of nitrogens with zero attached hydrogens (tertiary/aromatic N) is 1. The van der Waals surface area contributed by atoms with Gasteiger partial charge < -0.3 is 5.32 Å². The van der Waals surface area contributed by atoms with Crippen molar-refractivity contribution >= 4 is 11.6 Å². The summed E-state index contributed by atoms with van der Waals surface area (Å²) >= 11 is 5.95. The number of nitriles is 1. The predicted molar refractivity (Wildman–Crippen MR) is 71.9 cm³/mol. The highest BCUT2D eigenvalue weighted by atomic mass is 35.5. The zero-order valence-corrected chi connectivity index (χ0v) is 11.4. The van der Waals surface area contributed by atoms with Gasteiger partial charge in [-0.3, -0.25) is 0 Å². The summed E-state index contributed by atoms with van der Waals surface area (Å²) in [6, 6.07) is 10.4. The summed E-state index contributed by atoms with van der Waals surface area (Å²) in [6.07, 6.45) is 0.842. The number of rotatable bonds is 5. The van der Waals surface area contributed by atoms with E-state index >= 15 is 0 Å². The van der Waals surface area contributed by atoms with Crippen molar-refractivity contribution in [2.75, 3.05) is 6.54 Å². The maximum absolute atomic E-state index is 8.92. The normalized spacial score (nSPS) is 13.1. The Morgan fingerprint density at radius 1 is 1.47 bits per heavy atom. The molecule has 0 saturated heterocycles. The van der Waals surface area contributed by atoms with Crippen LogP contribution in [0.15, 0.2) is 24.3 Å². The van der Waals surface area contributed by atoms with E-state index in [0.717, 1.165) is 18.0 Å². The van der Waals surface area contributed by atoms with Crippen LogP contribution in [0.5, 0.6) is 0 Å². The number of hydrogen-bond acceptors (Lipinski definition) is 2. The monoisotopic (exact) mass is 250 g/mol. The van der Waals surface area contributed by atoms with Gasteiger partial charge in [-0.1, -0.05) is 23.7 Å². The maximum Gasteiger partial charge on any atom is 0.0684 e. The Hall–Kier alpha value is -1.04. The van der Waals surface area contributed by atoms with Gasteiger partial charge in [0.1, 0.15) is 0 Å². The summed E-state index contributed by atoms with van der Waals surface area (Å²) in [4.78, 5) is 0. The van der Waals surface area contributed by atoms with E-state index in [0.29, 0.717) is 0 Å². The van der Waals surface area contributed by atoms with Gasteiger partial charge in [-0.05, 0) is 51.4 Å². The zero-order chi connectivity index (χ0) is 12.9. The van der Waals surface area contributed by atoms with Gasteiger partial charge in [-0.25, -0.2) is 0 Å². The highest BCUT2D eigenvalue weighted by Crippen LogP contribution is 2.20. The van der Waals surface area contributed by atoms with Crippen LogP contribution in [0.2, 0.25) is 5.02 Å². The van der Waals surface area contributed by atoms with Gasteiger partial charge in [0.05, 0.1) is 11.5 Å². The standard InChI is InChI=1S/C14H19ClN2/c1-11(12-5-4-6-13(15)9-12)17-8-7-14(2,3)10-16/h4-6,9,11,17H,7-8H2,1-3H3/t11-/m0/s1. The Balaban J connectivity index is 2.46. The molecular formula is C14H19ClN2. The van der Waals surface area contributed by atoms with Crippen LogP contribution in [0, 0.1) is 16.7 Å². The topological polar surface area (TPSA) is 35.8 Å². The van der Waals surface area contributed by atoms with Gasteiger partial charge in [0.25, 0.3) is 0 Å². The first kappa shape index (κ1) is 14.0. The average Bonchev–Trinajstić information content (AvgIpc) is 2.28. The molecule has 1 rings (SSSR count). The fourth-order valence-corrected chi connectivity index (χ4v) is 1.75. The molecule has 1 aromatic rings. The van der Waals surface area contributed by atoms with Crippen LogP contribution in [-0.4, -0.2) is 6.54 Å². The van der Waals surface area contributed by atoms with E-state index in [4.69, 9.17) is 16.9 Å². The fraction of sp³-hybridized carbons (Fsp3) is 0.500. The van der Waals surface area contributed by atoms with Crippen LogP contribution >= 0.6 is 11.6 Å². The lowest BCUT2D eigenvalue weighted by atomic mass is 9.91. The van der Waals surface area contributed by atoms with Crippen molar-refractivity contribution in [3.63, 3.8) is 0 Å². The highest BCUT2D eigenvalue weighted by Gasteiger charge is 2.16. The van der Waals surface area contributed by atoms with Gasteiger partial charge in [-0.15, -0.1) is 0 Å². The molecule has 0 amide bonds. The lowest BCUT2D eigenvalue weighted by molar-refractivity contribution is 0.416. The lowest BCUT2D eigenvalue weighted by Crippen LogP contribution is -2.24. The molecule has 0 heterocycles. The third-order valence-corrected chi connectivity index (χ3v) is 3.09. The Morgan fingerprint density at radius 3 is 2.76 bits per heavy atom. The van der Waals surface area contributed by atoms with Crippen molar-refractivity contribution in [1.82, 2.24) is 5.32 Å². The first-order chi connectivity index (χ1) is 7.94. The van der Waals surface area contributed by atoms with Crippen molar-refractivity contribution < 1.29 is 0 Å². The number of nitrogens with one attached hydrogen (secondary N) is 1. The van der Waals surface area contributed by atoms with Crippen LogP contribution in [0.1, 0.15) is 38.8 Å². The number of hydrogen-bond donors (Lipinski definition) is 1. The molecule has 0 bridgehead atoms. The van der Waals surface area contributed by atoms with E-state index in [2.05, 4.69) is 24.4 Å². The summed E-state index contributed by atoms with van der Waals surface area (Å²) in [6.45, 7) is 6.84. The molecule has 0 radical (unpaired) electrons. The van der Waals surface area contributed by atoms with Gasteiger partial charge >= 0.3 is 0 Å². The second-order valence-corrected chi connectivity index (χ2v) is 5.41. The summed E-state index contributed by atoms with van der Waals surface area (Å²) < 4.78 is 0. The lowest BCUT2D eigenvalue weighted by Gasteiger charge is -2.19. The molecule has 0 aliphatic heterocycles. The molecule has 0 aromatic heterocycles. The molecular weight excluding hydrogens is 232 g/mol. The summed E-state index contributed by atoms with van der Waals surface area (Å²) in [5, 5.41) is 13.1. The summed E-state index contributed by atoms with van der Waals surface area (Å²) in [5.41, 5.74) is 0.911. The Labute approximate surface area is 109 Å². The highest BCUT2D eigenvalue weighted by molar-refractivity contribution is 6.30. The van der Waals surface area contributed by atoms with Crippen molar-refractivity contribution in [2.45, 2.75) is 33.2 Å². The fourth-order valence-electron chi connectivity index (χ4n) is 1.55. The van der Waals surface area contributed by atoms with Crippen LogP contribution in [0.3, 0.4) is 0 Å². The minimum absolute atomic E-state index is 0.253. The Bertz CT molecular complexity index is 407.